The highest BCUT2D eigenvalue weighted by Gasteiger charge is 2.05. The third-order valence-electron chi connectivity index (χ3n) is 4.26. The standard InChI is InChI=1S/2C11H11N3O.H2O/c2*15-11(10-4-2-1-3-5-10)6-7-14-9-12-8-13-14;/h2*1-5,8-9H,6-7H2;1H2. The number of carbonyl (C=O) groups is 2. The molecule has 0 unspecified atom stereocenters. The molecule has 2 N–H and O–H groups in total. The highest BCUT2D eigenvalue weighted by atomic mass is 16.1. The van der Waals surface area contributed by atoms with Crippen LogP contribution in [0.4, 0.5) is 0 Å². The molecule has 0 atom stereocenters. The fourth-order valence-electron chi connectivity index (χ4n) is 2.67. The van der Waals surface area contributed by atoms with Gasteiger partial charge in [0.15, 0.2) is 11.6 Å². The second-order valence-corrected chi connectivity index (χ2v) is 6.40. The zero-order chi connectivity index (χ0) is 21.0. The van der Waals surface area contributed by atoms with Gasteiger partial charge in [0.05, 0.1) is 0 Å². The highest BCUT2D eigenvalue weighted by molar-refractivity contribution is 5.96. The summed E-state index contributed by atoms with van der Waals surface area (Å²) in [5.41, 5.74) is 1.50. The quantitative estimate of drug-likeness (QED) is 0.402. The zero-order valence-electron chi connectivity index (χ0n) is 16.9. The number of aromatic nitrogens is 6. The second-order valence-electron chi connectivity index (χ2n) is 6.40. The average molecular weight is 420 g/mol. The highest BCUT2D eigenvalue weighted by Crippen LogP contribution is 2.04. The van der Waals surface area contributed by atoms with Gasteiger partial charge in [-0.15, -0.1) is 0 Å². The molecule has 0 fully saturated rings. The number of benzene rings is 2. The first kappa shape index (κ1) is 23.3. The molecule has 2 heterocycles. The molecule has 2 aromatic carbocycles. The van der Waals surface area contributed by atoms with Crippen molar-refractivity contribution in [1.29, 1.82) is 0 Å². The number of aryl methyl sites for hydroxylation is 2. The fourth-order valence-corrected chi connectivity index (χ4v) is 2.67. The number of hydrogen-bond donors (Lipinski definition) is 0. The molecule has 0 radical (unpaired) electrons. The first-order valence-electron chi connectivity index (χ1n) is 9.53. The minimum Gasteiger partial charge on any atom is -0.412 e. The zero-order valence-corrected chi connectivity index (χ0v) is 16.9. The molecule has 0 aliphatic rings. The van der Waals surface area contributed by atoms with Crippen molar-refractivity contribution in [3.8, 4) is 0 Å². The van der Waals surface area contributed by atoms with E-state index in [9.17, 15) is 9.59 Å². The Morgan fingerprint density at radius 2 is 1.03 bits per heavy atom. The molecule has 0 aliphatic carbocycles. The minimum atomic E-state index is 0. The van der Waals surface area contributed by atoms with Gasteiger partial charge in [0.25, 0.3) is 0 Å². The van der Waals surface area contributed by atoms with Gasteiger partial charge in [-0.1, -0.05) is 60.7 Å². The van der Waals surface area contributed by atoms with Gasteiger partial charge in [0, 0.05) is 37.1 Å². The molecule has 160 valence electrons. The second kappa shape index (κ2) is 12.6. The van der Waals surface area contributed by atoms with E-state index in [2.05, 4.69) is 20.2 Å². The maximum atomic E-state index is 11.7. The van der Waals surface area contributed by atoms with Crippen LogP contribution in [0.3, 0.4) is 0 Å². The van der Waals surface area contributed by atoms with E-state index in [-0.39, 0.29) is 17.0 Å². The summed E-state index contributed by atoms with van der Waals surface area (Å²) in [6.07, 6.45) is 7.05. The van der Waals surface area contributed by atoms with Gasteiger partial charge in [-0.3, -0.25) is 19.0 Å². The van der Waals surface area contributed by atoms with Crippen LogP contribution < -0.4 is 0 Å². The Morgan fingerprint density at radius 3 is 1.35 bits per heavy atom. The van der Waals surface area contributed by atoms with Crippen molar-refractivity contribution in [3.63, 3.8) is 0 Å². The predicted molar refractivity (Wildman–Crippen MR) is 114 cm³/mol. The molecule has 4 aromatic rings. The van der Waals surface area contributed by atoms with Crippen LogP contribution in [0.25, 0.3) is 0 Å². The van der Waals surface area contributed by atoms with Crippen LogP contribution in [0.1, 0.15) is 33.6 Å². The van der Waals surface area contributed by atoms with E-state index >= 15 is 0 Å². The number of hydrogen-bond acceptors (Lipinski definition) is 6. The summed E-state index contributed by atoms with van der Waals surface area (Å²) in [7, 11) is 0. The van der Waals surface area contributed by atoms with Gasteiger partial charge >= 0.3 is 0 Å². The third kappa shape index (κ3) is 7.75. The Bertz CT molecular complexity index is 934. The van der Waals surface area contributed by atoms with Gasteiger partial charge in [-0.2, -0.15) is 10.2 Å². The summed E-state index contributed by atoms with van der Waals surface area (Å²) in [6.45, 7) is 1.15. The van der Waals surface area contributed by atoms with Crippen molar-refractivity contribution in [3.05, 3.63) is 97.1 Å². The lowest BCUT2D eigenvalue weighted by molar-refractivity contribution is 0.0967. The van der Waals surface area contributed by atoms with Gasteiger partial charge < -0.3 is 5.48 Å². The van der Waals surface area contributed by atoms with Crippen molar-refractivity contribution in [2.45, 2.75) is 25.9 Å². The van der Waals surface area contributed by atoms with E-state index in [1.165, 1.54) is 12.7 Å². The molecule has 31 heavy (non-hydrogen) atoms. The third-order valence-corrected chi connectivity index (χ3v) is 4.26. The maximum absolute atomic E-state index is 11.7. The van der Waals surface area contributed by atoms with E-state index in [0.29, 0.717) is 25.9 Å². The summed E-state index contributed by atoms with van der Waals surface area (Å²) in [5.74, 6) is 0.261. The van der Waals surface area contributed by atoms with Crippen LogP contribution in [-0.4, -0.2) is 46.6 Å². The van der Waals surface area contributed by atoms with Crippen molar-refractivity contribution in [1.82, 2.24) is 29.5 Å². The van der Waals surface area contributed by atoms with E-state index in [1.807, 2.05) is 60.7 Å². The van der Waals surface area contributed by atoms with Crippen molar-refractivity contribution in [2.75, 3.05) is 0 Å². The van der Waals surface area contributed by atoms with Crippen LogP contribution in [0.2, 0.25) is 0 Å². The Labute approximate surface area is 179 Å². The Morgan fingerprint density at radius 1 is 0.645 bits per heavy atom. The molecule has 0 spiro atoms. The lowest BCUT2D eigenvalue weighted by Gasteiger charge is -2.00. The Balaban J connectivity index is 0.000000213. The fraction of sp³-hybridized carbons (Fsp3) is 0.182. The van der Waals surface area contributed by atoms with E-state index in [0.717, 1.165) is 11.1 Å². The molecule has 4 rings (SSSR count). The summed E-state index contributed by atoms with van der Waals surface area (Å²) in [6, 6.07) is 18.5. The van der Waals surface area contributed by atoms with E-state index in [4.69, 9.17) is 0 Å². The molecule has 9 heteroatoms. The van der Waals surface area contributed by atoms with Crippen molar-refractivity contribution >= 4 is 11.6 Å². The number of Topliss-reactive ketones (excluding diaryl/α,β-unsaturated/α-hetero) is 2. The normalized spacial score (nSPS) is 9.81. The molecule has 0 bridgehead atoms. The topological polar surface area (TPSA) is 127 Å². The van der Waals surface area contributed by atoms with E-state index in [1.54, 1.807) is 22.0 Å². The maximum Gasteiger partial charge on any atom is 0.164 e. The summed E-state index contributed by atoms with van der Waals surface area (Å²) in [5, 5.41) is 7.87. The largest absolute Gasteiger partial charge is 0.412 e. The molecule has 0 saturated heterocycles. The minimum absolute atomic E-state index is 0. The van der Waals surface area contributed by atoms with Gasteiger partial charge in [-0.25, -0.2) is 9.97 Å². The number of rotatable bonds is 8. The van der Waals surface area contributed by atoms with Gasteiger partial charge in [0.2, 0.25) is 0 Å². The van der Waals surface area contributed by atoms with Gasteiger partial charge in [0.1, 0.15) is 25.3 Å². The molecular formula is C22H24N6O3. The molecule has 0 amide bonds. The van der Waals surface area contributed by atoms with Crippen LogP contribution in [0.15, 0.2) is 86.0 Å². The molecule has 9 nitrogen and oxygen atoms in total. The number of nitrogens with zero attached hydrogens (tertiary/aromatic N) is 6. The molecule has 0 saturated carbocycles. The Kier molecular flexibility index (Phi) is 9.44. The lowest BCUT2D eigenvalue weighted by Crippen LogP contribution is -2.06. The number of carbonyl (C=O) groups excluding carboxylic acids is 2. The molecule has 0 aliphatic heterocycles. The first-order valence-corrected chi connectivity index (χ1v) is 9.53. The van der Waals surface area contributed by atoms with Crippen LogP contribution in [-0.2, 0) is 13.1 Å². The van der Waals surface area contributed by atoms with Crippen molar-refractivity contribution < 1.29 is 15.1 Å². The monoisotopic (exact) mass is 420 g/mol. The van der Waals surface area contributed by atoms with E-state index < -0.39 is 0 Å². The summed E-state index contributed by atoms with van der Waals surface area (Å²) < 4.78 is 3.31. The first-order chi connectivity index (χ1) is 14.7. The predicted octanol–water partition coefficient (Wildman–Crippen LogP) is 2.28. The number of ketones is 2. The Hall–Kier alpha value is -3.98. The van der Waals surface area contributed by atoms with Crippen molar-refractivity contribution in [2.24, 2.45) is 0 Å². The lowest BCUT2D eigenvalue weighted by atomic mass is 10.1. The molecule has 2 aromatic heterocycles. The van der Waals surface area contributed by atoms with Crippen LogP contribution >= 0.6 is 0 Å². The average Bonchev–Trinajstić information content (AvgIpc) is 3.52. The summed E-state index contributed by atoms with van der Waals surface area (Å²) >= 11 is 0. The molecular weight excluding hydrogens is 396 g/mol. The van der Waals surface area contributed by atoms with Crippen LogP contribution in [0, 0.1) is 0 Å². The summed E-state index contributed by atoms with van der Waals surface area (Å²) in [4.78, 5) is 31.0. The van der Waals surface area contributed by atoms with Gasteiger partial charge in [-0.05, 0) is 0 Å². The SMILES string of the molecule is O.O=C(CCn1cncn1)c1ccccc1.O=C(CCn1cncn1)c1ccccc1. The smallest absolute Gasteiger partial charge is 0.164 e. The van der Waals surface area contributed by atoms with Crippen LogP contribution in [0.5, 0.6) is 0 Å².